The highest BCUT2D eigenvalue weighted by atomic mass is 35.5. The number of hydrogen-bond donors (Lipinski definition) is 0. The van der Waals surface area contributed by atoms with E-state index >= 15 is 0 Å². The number of aromatic nitrogens is 1. The van der Waals surface area contributed by atoms with Crippen LogP contribution in [0.5, 0.6) is 5.75 Å². The number of thiazole rings is 1. The molecule has 1 aliphatic rings. The van der Waals surface area contributed by atoms with Gasteiger partial charge in [-0.25, -0.2) is 4.98 Å². The summed E-state index contributed by atoms with van der Waals surface area (Å²) in [6.07, 6.45) is 0. The topological polar surface area (TPSA) is 45.7 Å². The predicted octanol–water partition coefficient (Wildman–Crippen LogP) is 5.30. The Morgan fingerprint density at radius 3 is 2.43 bits per heavy atom. The number of carbonyl (C=O) groups excluding carboxylic acids is 1. The molecule has 8 heteroatoms. The second-order valence-electron chi connectivity index (χ2n) is 7.07. The lowest BCUT2D eigenvalue weighted by atomic mass is 10.1. The van der Waals surface area contributed by atoms with Gasteiger partial charge in [-0.1, -0.05) is 23.2 Å². The van der Waals surface area contributed by atoms with Crippen LogP contribution in [0.25, 0.3) is 0 Å². The number of hydrogen-bond acceptors (Lipinski definition) is 5. The van der Waals surface area contributed by atoms with E-state index in [0.29, 0.717) is 35.3 Å². The van der Waals surface area contributed by atoms with Gasteiger partial charge >= 0.3 is 0 Å². The average Bonchev–Trinajstić information content (AvgIpc) is 3.19. The number of halogens is 2. The monoisotopic (exact) mass is 461 g/mol. The van der Waals surface area contributed by atoms with E-state index in [4.69, 9.17) is 27.9 Å². The van der Waals surface area contributed by atoms with Gasteiger partial charge < -0.3 is 14.5 Å². The molecule has 156 valence electrons. The van der Waals surface area contributed by atoms with Crippen LogP contribution in [-0.2, 0) is 6.61 Å². The molecule has 0 spiro atoms. The highest BCUT2D eigenvalue weighted by molar-refractivity contribution is 7.09. The van der Waals surface area contributed by atoms with Crippen molar-refractivity contribution >= 4 is 46.1 Å². The number of anilines is 1. The molecule has 1 amide bonds. The van der Waals surface area contributed by atoms with Crippen LogP contribution >= 0.6 is 34.5 Å². The molecule has 0 saturated carbocycles. The van der Waals surface area contributed by atoms with Crippen LogP contribution in [0.15, 0.2) is 47.8 Å². The molecule has 0 aliphatic carbocycles. The first-order valence-electron chi connectivity index (χ1n) is 9.63. The minimum absolute atomic E-state index is 0.0332. The number of rotatable bonds is 5. The number of piperazine rings is 1. The predicted molar refractivity (Wildman–Crippen MR) is 122 cm³/mol. The first kappa shape index (κ1) is 21.0. The summed E-state index contributed by atoms with van der Waals surface area (Å²) in [6, 6.07) is 12.9. The van der Waals surface area contributed by atoms with Crippen LogP contribution in [0.3, 0.4) is 0 Å². The molecule has 2 heterocycles. The number of amides is 1. The SMILES string of the molecule is Cc1csc(COc2ccc(C(=O)N3CCN(c4ccc(Cl)c(Cl)c4)CC3)cc2)n1. The van der Waals surface area contributed by atoms with Gasteiger partial charge in [0.05, 0.1) is 10.0 Å². The van der Waals surface area contributed by atoms with Crippen molar-refractivity contribution in [2.24, 2.45) is 0 Å². The van der Waals surface area contributed by atoms with Gasteiger partial charge in [0.2, 0.25) is 0 Å². The van der Waals surface area contributed by atoms with Crippen molar-refractivity contribution < 1.29 is 9.53 Å². The van der Waals surface area contributed by atoms with Crippen LogP contribution < -0.4 is 9.64 Å². The third-order valence-corrected chi connectivity index (χ3v) is 6.64. The standard InChI is InChI=1S/C22H21Cl2N3O2S/c1-15-14-30-21(25-15)13-29-18-5-2-16(3-6-18)22(28)27-10-8-26(9-11-27)17-4-7-19(23)20(24)12-17/h2-7,12,14H,8-11,13H2,1H3. The van der Waals surface area contributed by atoms with Gasteiger partial charge in [-0.3, -0.25) is 4.79 Å². The maximum absolute atomic E-state index is 12.9. The zero-order valence-electron chi connectivity index (χ0n) is 16.5. The summed E-state index contributed by atoms with van der Waals surface area (Å²) in [6.45, 7) is 5.20. The van der Waals surface area contributed by atoms with E-state index in [1.165, 1.54) is 0 Å². The Hall–Kier alpha value is -2.28. The first-order valence-corrected chi connectivity index (χ1v) is 11.3. The number of carbonyl (C=O) groups is 1. The van der Waals surface area contributed by atoms with Crippen molar-refractivity contribution in [3.8, 4) is 5.75 Å². The summed E-state index contributed by atoms with van der Waals surface area (Å²) in [5.41, 5.74) is 2.68. The van der Waals surface area contributed by atoms with Crippen molar-refractivity contribution in [2.75, 3.05) is 31.1 Å². The Labute approximate surface area is 189 Å². The molecule has 0 unspecified atom stereocenters. The molecule has 5 nitrogen and oxygen atoms in total. The fourth-order valence-electron chi connectivity index (χ4n) is 3.34. The molecule has 4 rings (SSSR count). The molecule has 1 saturated heterocycles. The molecular formula is C22H21Cl2N3O2S. The molecular weight excluding hydrogens is 441 g/mol. The normalized spacial score (nSPS) is 14.1. The zero-order chi connectivity index (χ0) is 21.1. The lowest BCUT2D eigenvalue weighted by Crippen LogP contribution is -2.48. The van der Waals surface area contributed by atoms with Crippen molar-refractivity contribution in [2.45, 2.75) is 13.5 Å². The molecule has 1 aromatic heterocycles. The van der Waals surface area contributed by atoms with Crippen molar-refractivity contribution in [1.82, 2.24) is 9.88 Å². The van der Waals surface area contributed by atoms with E-state index in [1.54, 1.807) is 17.4 Å². The Balaban J connectivity index is 1.31. The summed E-state index contributed by atoms with van der Waals surface area (Å²) >= 11 is 13.7. The summed E-state index contributed by atoms with van der Waals surface area (Å²) in [5, 5.41) is 4.03. The van der Waals surface area contributed by atoms with Gasteiger partial charge in [0.15, 0.2) is 0 Å². The molecule has 2 aromatic carbocycles. The largest absolute Gasteiger partial charge is 0.486 e. The molecule has 1 aliphatic heterocycles. The highest BCUT2D eigenvalue weighted by Gasteiger charge is 2.22. The van der Waals surface area contributed by atoms with Gasteiger partial charge in [0, 0.05) is 48.5 Å². The van der Waals surface area contributed by atoms with Crippen LogP contribution in [0.4, 0.5) is 5.69 Å². The number of benzene rings is 2. The fourth-order valence-corrected chi connectivity index (χ4v) is 4.32. The lowest BCUT2D eigenvalue weighted by molar-refractivity contribution is 0.0746. The summed E-state index contributed by atoms with van der Waals surface area (Å²) < 4.78 is 5.76. The molecule has 3 aromatic rings. The second-order valence-corrected chi connectivity index (χ2v) is 8.83. The molecule has 1 fully saturated rings. The molecule has 0 bridgehead atoms. The maximum atomic E-state index is 12.9. The lowest BCUT2D eigenvalue weighted by Gasteiger charge is -2.36. The summed E-state index contributed by atoms with van der Waals surface area (Å²) in [4.78, 5) is 21.3. The first-order chi connectivity index (χ1) is 14.5. The minimum atomic E-state index is 0.0332. The average molecular weight is 462 g/mol. The van der Waals surface area contributed by atoms with E-state index in [-0.39, 0.29) is 5.91 Å². The van der Waals surface area contributed by atoms with Gasteiger partial charge in [0.1, 0.15) is 17.4 Å². The fraction of sp³-hybridized carbons (Fsp3) is 0.273. The van der Waals surface area contributed by atoms with Crippen molar-refractivity contribution in [1.29, 1.82) is 0 Å². The zero-order valence-corrected chi connectivity index (χ0v) is 18.8. The Kier molecular flexibility index (Phi) is 6.46. The maximum Gasteiger partial charge on any atom is 0.253 e. The quantitative estimate of drug-likeness (QED) is 0.516. The van der Waals surface area contributed by atoms with Gasteiger partial charge in [-0.05, 0) is 49.4 Å². The minimum Gasteiger partial charge on any atom is -0.486 e. The van der Waals surface area contributed by atoms with E-state index in [1.807, 2.05) is 53.6 Å². The summed E-state index contributed by atoms with van der Waals surface area (Å²) in [5.74, 6) is 0.759. The van der Waals surface area contributed by atoms with Crippen LogP contribution in [0.1, 0.15) is 21.1 Å². The van der Waals surface area contributed by atoms with E-state index in [9.17, 15) is 4.79 Å². The molecule has 0 atom stereocenters. The highest BCUT2D eigenvalue weighted by Crippen LogP contribution is 2.28. The molecule has 0 radical (unpaired) electrons. The van der Waals surface area contributed by atoms with Gasteiger partial charge in [-0.2, -0.15) is 0 Å². The van der Waals surface area contributed by atoms with E-state index in [0.717, 1.165) is 35.2 Å². The second kappa shape index (κ2) is 9.25. The number of ether oxygens (including phenoxy) is 1. The summed E-state index contributed by atoms with van der Waals surface area (Å²) in [7, 11) is 0. The van der Waals surface area contributed by atoms with Gasteiger partial charge in [0.25, 0.3) is 5.91 Å². The Bertz CT molecular complexity index is 1030. The van der Waals surface area contributed by atoms with Crippen molar-refractivity contribution in [3.05, 3.63) is 74.2 Å². The smallest absolute Gasteiger partial charge is 0.253 e. The van der Waals surface area contributed by atoms with Gasteiger partial charge in [-0.15, -0.1) is 11.3 Å². The third kappa shape index (κ3) is 4.89. The van der Waals surface area contributed by atoms with E-state index < -0.39 is 0 Å². The number of aryl methyl sites for hydroxylation is 1. The Morgan fingerprint density at radius 2 is 1.80 bits per heavy atom. The van der Waals surface area contributed by atoms with Crippen LogP contribution in [0, 0.1) is 6.92 Å². The van der Waals surface area contributed by atoms with Crippen molar-refractivity contribution in [3.63, 3.8) is 0 Å². The Morgan fingerprint density at radius 1 is 1.07 bits per heavy atom. The molecule has 0 N–H and O–H groups in total. The third-order valence-electron chi connectivity index (χ3n) is 4.97. The van der Waals surface area contributed by atoms with Crippen LogP contribution in [-0.4, -0.2) is 42.0 Å². The molecule has 30 heavy (non-hydrogen) atoms. The van der Waals surface area contributed by atoms with E-state index in [2.05, 4.69) is 9.88 Å². The number of nitrogens with zero attached hydrogens (tertiary/aromatic N) is 3. The van der Waals surface area contributed by atoms with Crippen LogP contribution in [0.2, 0.25) is 10.0 Å².